The van der Waals surface area contributed by atoms with Gasteiger partial charge in [0.1, 0.15) is 0 Å². The zero-order valence-electron chi connectivity index (χ0n) is 28.2. The molecule has 0 spiro atoms. The molecule has 0 atom stereocenters. The first kappa shape index (κ1) is 45.7. The van der Waals surface area contributed by atoms with E-state index in [0.29, 0.717) is 16.5 Å². The van der Waals surface area contributed by atoms with E-state index in [0.717, 1.165) is 72.5 Å². The summed E-state index contributed by atoms with van der Waals surface area (Å²) in [5.41, 5.74) is 0. The lowest BCUT2D eigenvalue weighted by molar-refractivity contribution is 0.275. The zero-order chi connectivity index (χ0) is 32.8. The predicted molar refractivity (Wildman–Crippen MR) is 209 cm³/mol. The molecule has 1 aliphatic rings. The zero-order valence-corrected chi connectivity index (χ0v) is 36.8. The highest BCUT2D eigenvalue weighted by Gasteiger charge is 2.33. The third-order valence-electron chi connectivity index (χ3n) is 6.50. The standard InChI is InChI=1S/2C8H21B2N2OP2Si2.C6H14OSi/c2*1-16(2,7-5-10-15-11)13-17(3,4)8-6-14-12-9;1-8(2)6-4-3-5-7-8/h2*11H,5-8H2,1-4H3;3-6H2,1-2H3. The fourth-order valence-corrected chi connectivity index (χ4v) is 28.0. The Labute approximate surface area is 275 Å². The molecule has 0 saturated carbocycles. The summed E-state index contributed by atoms with van der Waals surface area (Å²) in [6, 6.07) is 5.84. The van der Waals surface area contributed by atoms with Gasteiger partial charge in [0.05, 0.1) is 0 Å². The summed E-state index contributed by atoms with van der Waals surface area (Å²) in [7, 11) is 6.15. The van der Waals surface area contributed by atoms with Crippen molar-refractivity contribution in [3.63, 3.8) is 0 Å². The van der Waals surface area contributed by atoms with Crippen LogP contribution in [0.25, 0.3) is 0 Å². The van der Waals surface area contributed by atoms with Gasteiger partial charge in [-0.3, -0.25) is 10.3 Å². The summed E-state index contributed by atoms with van der Waals surface area (Å²) in [6.45, 7) is 27.8. The van der Waals surface area contributed by atoms with Crippen LogP contribution in [-0.4, -0.2) is 90.5 Å². The second-order valence-electron chi connectivity index (χ2n) is 13.5. The molecule has 20 heteroatoms. The van der Waals surface area contributed by atoms with E-state index in [1.165, 1.54) is 18.9 Å². The van der Waals surface area contributed by atoms with E-state index < -0.39 is 41.6 Å². The average molecular weight is 732 g/mol. The van der Waals surface area contributed by atoms with Crippen molar-refractivity contribution in [1.29, 1.82) is 10.3 Å². The first-order valence-electron chi connectivity index (χ1n) is 14.9. The Balaban J connectivity index is 0. The van der Waals surface area contributed by atoms with Gasteiger partial charge in [-0.15, -0.1) is 0 Å². The van der Waals surface area contributed by atoms with Crippen molar-refractivity contribution in [2.45, 2.75) is 121 Å². The second kappa shape index (κ2) is 24.8. The Morgan fingerprint density at radius 2 is 1.10 bits per heavy atom. The van der Waals surface area contributed by atoms with Gasteiger partial charge < -0.3 is 22.0 Å². The maximum absolute atomic E-state index is 7.08. The summed E-state index contributed by atoms with van der Waals surface area (Å²) < 4.78 is 25.7. The van der Waals surface area contributed by atoms with Crippen molar-refractivity contribution in [2.75, 3.05) is 18.9 Å². The largest absolute Gasteiger partial charge is 0.455 e. The fraction of sp³-hybridized carbons (Fsp3) is 1.00. The molecule has 0 bridgehead atoms. The third kappa shape index (κ3) is 30.3. The molecule has 1 saturated heterocycles. The summed E-state index contributed by atoms with van der Waals surface area (Å²) in [5.74, 6) is 0. The molecule has 0 aromatic rings. The van der Waals surface area contributed by atoms with Crippen molar-refractivity contribution in [3.8, 4) is 0 Å². The summed E-state index contributed by atoms with van der Waals surface area (Å²) in [5, 5.41) is 14.2. The van der Waals surface area contributed by atoms with Gasteiger partial charge in [0, 0.05) is 18.9 Å². The maximum Gasteiger partial charge on any atom is 0.266 e. The molecule has 1 heterocycles. The quantitative estimate of drug-likeness (QED) is 0.0834. The molecule has 42 heavy (non-hydrogen) atoms. The molecule has 0 amide bonds. The van der Waals surface area contributed by atoms with E-state index in [-0.39, 0.29) is 0 Å². The monoisotopic (exact) mass is 732 g/mol. The molecular formula is C22H56B4N4O3P4Si5. The minimum Gasteiger partial charge on any atom is -0.455 e. The Morgan fingerprint density at radius 1 is 0.714 bits per heavy atom. The van der Waals surface area contributed by atoms with Crippen LogP contribution < -0.4 is 0 Å². The molecule has 7 nitrogen and oxygen atoms in total. The molecule has 0 aliphatic carbocycles. The number of nitrogens with zero attached hydrogens (tertiary/aromatic N) is 2. The fourth-order valence-electron chi connectivity index (χ4n) is 4.48. The van der Waals surface area contributed by atoms with Crippen LogP contribution in [0.5, 0.6) is 0 Å². The number of nitrogens with one attached hydrogen (secondary N) is 2. The lowest BCUT2D eigenvalue weighted by Crippen LogP contribution is -2.44. The predicted octanol–water partition coefficient (Wildman–Crippen LogP) is 10.7. The van der Waals surface area contributed by atoms with Crippen LogP contribution in [0.4, 0.5) is 0 Å². The topological polar surface area (TPSA) is 100 Å². The van der Waals surface area contributed by atoms with Gasteiger partial charge in [-0.1, -0.05) is 35.6 Å². The van der Waals surface area contributed by atoms with Gasteiger partial charge >= 0.3 is 0 Å². The number of hydrogen-bond donors (Lipinski definition) is 2. The van der Waals surface area contributed by atoms with Gasteiger partial charge in [-0.25, -0.2) is 0 Å². The van der Waals surface area contributed by atoms with E-state index in [4.69, 9.17) is 38.9 Å². The molecular weight excluding hydrogens is 676 g/mol. The maximum atomic E-state index is 7.08. The summed E-state index contributed by atoms with van der Waals surface area (Å²) in [6.07, 6.45) is 6.72. The highest BCUT2D eigenvalue weighted by atomic mass is 31.1. The second-order valence-corrected chi connectivity index (χ2v) is 38.7. The van der Waals surface area contributed by atoms with Crippen LogP contribution >= 0.6 is 33.2 Å². The van der Waals surface area contributed by atoms with Crippen molar-refractivity contribution < 1.29 is 12.7 Å². The molecule has 0 aromatic heterocycles. The van der Waals surface area contributed by atoms with Crippen LogP contribution in [-0.2, 0) is 12.7 Å². The van der Waals surface area contributed by atoms with Crippen LogP contribution in [0.3, 0.4) is 0 Å². The normalized spacial score (nSPS) is 16.1. The van der Waals surface area contributed by atoms with Crippen LogP contribution in [0.2, 0.25) is 108 Å². The van der Waals surface area contributed by atoms with Crippen molar-refractivity contribution >= 4 is 105 Å². The molecule has 0 unspecified atom stereocenters. The summed E-state index contributed by atoms with van der Waals surface area (Å²) in [4.78, 5) is 0. The Hall–Kier alpha value is 1.62. The molecule has 1 aliphatic heterocycles. The number of hydrogen-bond acceptors (Lipinski definition) is 7. The van der Waals surface area contributed by atoms with Gasteiger partial charge in [-0.2, -0.15) is 0 Å². The molecule has 1 rings (SSSR count). The van der Waals surface area contributed by atoms with Gasteiger partial charge in [0.15, 0.2) is 41.6 Å². The molecule has 1 fully saturated rings. The minimum absolute atomic E-state index is 0.630. The Bertz CT molecular complexity index is 749. The van der Waals surface area contributed by atoms with Crippen molar-refractivity contribution in [3.05, 3.63) is 0 Å². The molecule has 6 radical (unpaired) electrons. The smallest absolute Gasteiger partial charge is 0.266 e. The van der Waals surface area contributed by atoms with Gasteiger partial charge in [0.2, 0.25) is 14.0 Å². The lowest BCUT2D eigenvalue weighted by atomic mass is 10.1. The van der Waals surface area contributed by atoms with Crippen molar-refractivity contribution in [1.82, 2.24) is 0 Å². The summed E-state index contributed by atoms with van der Waals surface area (Å²) >= 11 is 0. The van der Waals surface area contributed by atoms with Crippen LogP contribution in [0.1, 0.15) is 12.8 Å². The van der Waals surface area contributed by atoms with E-state index in [1.54, 1.807) is 0 Å². The van der Waals surface area contributed by atoms with E-state index in [1.807, 2.05) is 14.0 Å². The molecule has 2 N–H and O–H groups in total. The highest BCUT2D eigenvalue weighted by Crippen LogP contribution is 2.26. The highest BCUT2D eigenvalue weighted by molar-refractivity contribution is 7.62. The van der Waals surface area contributed by atoms with E-state index >= 15 is 0 Å². The van der Waals surface area contributed by atoms with Crippen LogP contribution in [0, 0.1) is 10.3 Å². The van der Waals surface area contributed by atoms with Gasteiger partial charge in [-0.05, 0) is 119 Å². The van der Waals surface area contributed by atoms with E-state index in [2.05, 4.69) is 74.8 Å². The molecule has 234 valence electrons. The number of rotatable bonds is 18. The minimum atomic E-state index is -1.56. The van der Waals surface area contributed by atoms with Gasteiger partial charge in [0.25, 0.3) is 16.0 Å². The first-order valence-corrected chi connectivity index (χ1v) is 34.5. The third-order valence-corrected chi connectivity index (χ3v) is 26.7. The first-order chi connectivity index (χ1) is 19.4. The van der Waals surface area contributed by atoms with Crippen LogP contribution in [0.15, 0.2) is 9.31 Å². The average Bonchev–Trinajstić information content (AvgIpc) is 2.83. The van der Waals surface area contributed by atoms with Crippen molar-refractivity contribution in [2.24, 2.45) is 9.31 Å². The SMILES string of the molecule is C[Si]1(C)CCCCO1.[B]N=PCC[Si](C)(C)O[Si](C)(C)CC[B]P=N.[B]N=PCC[Si](C)(C)O[Si](C)(C)CC[B]P=N. The van der Waals surface area contributed by atoms with E-state index in [9.17, 15) is 0 Å². The molecule has 0 aromatic carbocycles. The Kier molecular flexibility index (Phi) is 27.0. The Morgan fingerprint density at radius 3 is 1.36 bits per heavy atom. The lowest BCUT2D eigenvalue weighted by Gasteiger charge is -2.33.